The van der Waals surface area contributed by atoms with E-state index in [9.17, 15) is 9.59 Å². The molecule has 0 aliphatic rings. The molecule has 4 rings (SSSR count). The maximum Gasteiger partial charge on any atom is 0.265 e. The van der Waals surface area contributed by atoms with Crippen molar-refractivity contribution in [2.24, 2.45) is 0 Å². The van der Waals surface area contributed by atoms with Gasteiger partial charge in [0.05, 0.1) is 6.54 Å². The first-order valence-electron chi connectivity index (χ1n) is 9.41. The van der Waals surface area contributed by atoms with Crippen molar-refractivity contribution in [2.45, 2.75) is 25.2 Å². The monoisotopic (exact) mass is 438 g/mol. The van der Waals surface area contributed by atoms with Gasteiger partial charge in [0.2, 0.25) is 0 Å². The van der Waals surface area contributed by atoms with Gasteiger partial charge in [0, 0.05) is 28.9 Å². The van der Waals surface area contributed by atoms with Crippen molar-refractivity contribution in [1.82, 2.24) is 19.3 Å². The van der Waals surface area contributed by atoms with E-state index in [4.69, 9.17) is 11.6 Å². The number of ketones is 1. The average molecular weight is 439 g/mol. The molecule has 6 nitrogen and oxygen atoms in total. The predicted molar refractivity (Wildman–Crippen MR) is 120 cm³/mol. The SMILES string of the molecule is CCn1c(SC)nc2nn(Cc3ccc(C(=O)c4ccc(Cl)cc4)cc3)cc2c1=O. The molecule has 2 heterocycles. The maximum atomic E-state index is 12.7. The molecule has 0 saturated carbocycles. The van der Waals surface area contributed by atoms with Gasteiger partial charge in [-0.2, -0.15) is 5.10 Å². The summed E-state index contributed by atoms with van der Waals surface area (Å²) in [5, 5.41) is 6.22. The van der Waals surface area contributed by atoms with E-state index in [0.29, 0.717) is 45.4 Å². The Morgan fingerprint density at radius 3 is 2.30 bits per heavy atom. The Labute approximate surface area is 182 Å². The van der Waals surface area contributed by atoms with E-state index >= 15 is 0 Å². The van der Waals surface area contributed by atoms with E-state index in [1.54, 1.807) is 51.8 Å². The lowest BCUT2D eigenvalue weighted by molar-refractivity contribution is 0.103. The predicted octanol–water partition coefficient (Wildman–Crippen LogP) is 4.27. The number of rotatable bonds is 6. The molecule has 0 amide bonds. The van der Waals surface area contributed by atoms with Gasteiger partial charge in [-0.1, -0.05) is 47.6 Å². The standard InChI is InChI=1S/C22H19ClN4O2S/c1-3-27-21(29)18-13-26(25-20(18)24-22(27)30-2)12-14-4-6-15(7-5-14)19(28)16-8-10-17(23)11-9-16/h4-11,13H,3,12H2,1-2H3. The van der Waals surface area contributed by atoms with Crippen molar-refractivity contribution >= 4 is 40.2 Å². The van der Waals surface area contributed by atoms with Gasteiger partial charge in [-0.15, -0.1) is 0 Å². The molecular weight excluding hydrogens is 420 g/mol. The summed E-state index contributed by atoms with van der Waals surface area (Å²) in [7, 11) is 0. The lowest BCUT2D eigenvalue weighted by atomic mass is 10.0. The highest BCUT2D eigenvalue weighted by Crippen LogP contribution is 2.17. The Morgan fingerprint density at radius 2 is 1.70 bits per heavy atom. The van der Waals surface area contributed by atoms with Gasteiger partial charge in [-0.05, 0) is 43.0 Å². The van der Waals surface area contributed by atoms with Gasteiger partial charge in [0.15, 0.2) is 16.6 Å². The third-order valence-corrected chi connectivity index (χ3v) is 5.74. The lowest BCUT2D eigenvalue weighted by Crippen LogP contribution is -2.21. The fourth-order valence-corrected chi connectivity index (χ4v) is 4.00. The van der Waals surface area contributed by atoms with Crippen molar-refractivity contribution < 1.29 is 4.79 Å². The molecule has 0 bridgehead atoms. The highest BCUT2D eigenvalue weighted by atomic mass is 35.5. The molecule has 2 aromatic carbocycles. The summed E-state index contributed by atoms with van der Waals surface area (Å²) in [5.41, 5.74) is 2.53. The van der Waals surface area contributed by atoms with Crippen LogP contribution in [0.4, 0.5) is 0 Å². The van der Waals surface area contributed by atoms with Crippen LogP contribution in [0.15, 0.2) is 64.7 Å². The molecule has 0 atom stereocenters. The maximum absolute atomic E-state index is 12.7. The van der Waals surface area contributed by atoms with E-state index in [1.165, 1.54) is 11.8 Å². The number of benzene rings is 2. The van der Waals surface area contributed by atoms with E-state index < -0.39 is 0 Å². The Balaban J connectivity index is 1.58. The topological polar surface area (TPSA) is 69.8 Å². The van der Waals surface area contributed by atoms with Gasteiger partial charge >= 0.3 is 0 Å². The smallest absolute Gasteiger partial charge is 0.265 e. The molecule has 0 unspecified atom stereocenters. The molecule has 0 radical (unpaired) electrons. The highest BCUT2D eigenvalue weighted by molar-refractivity contribution is 7.98. The molecule has 0 aliphatic heterocycles. The van der Waals surface area contributed by atoms with Crippen LogP contribution in [0, 0.1) is 0 Å². The minimum atomic E-state index is -0.0815. The fourth-order valence-electron chi connectivity index (χ4n) is 3.26. The van der Waals surface area contributed by atoms with Gasteiger partial charge in [0.25, 0.3) is 5.56 Å². The van der Waals surface area contributed by atoms with Crippen LogP contribution >= 0.6 is 23.4 Å². The van der Waals surface area contributed by atoms with E-state index in [2.05, 4.69) is 10.1 Å². The largest absolute Gasteiger partial charge is 0.289 e. The molecule has 0 fully saturated rings. The molecule has 0 spiro atoms. The third-order valence-electron chi connectivity index (χ3n) is 4.82. The van der Waals surface area contributed by atoms with Crippen LogP contribution in [0.5, 0.6) is 0 Å². The summed E-state index contributed by atoms with van der Waals surface area (Å²) in [6, 6.07) is 14.2. The van der Waals surface area contributed by atoms with Crippen molar-refractivity contribution in [3.8, 4) is 0 Å². The summed E-state index contributed by atoms with van der Waals surface area (Å²) < 4.78 is 3.36. The zero-order chi connectivity index (χ0) is 21.3. The first-order valence-corrected chi connectivity index (χ1v) is 11.0. The highest BCUT2D eigenvalue weighted by Gasteiger charge is 2.13. The van der Waals surface area contributed by atoms with Crippen LogP contribution in [-0.4, -0.2) is 31.4 Å². The van der Waals surface area contributed by atoms with Gasteiger partial charge in [-0.3, -0.25) is 18.8 Å². The average Bonchev–Trinajstić information content (AvgIpc) is 3.17. The number of hydrogen-bond donors (Lipinski definition) is 0. The summed E-state index contributed by atoms with van der Waals surface area (Å²) >= 11 is 7.32. The summed E-state index contributed by atoms with van der Waals surface area (Å²) in [6.07, 6.45) is 3.62. The Kier molecular flexibility index (Phi) is 5.74. The number of thioether (sulfide) groups is 1. The molecular formula is C22H19ClN4O2S. The first-order chi connectivity index (χ1) is 14.5. The molecule has 0 N–H and O–H groups in total. The zero-order valence-electron chi connectivity index (χ0n) is 16.5. The van der Waals surface area contributed by atoms with Crippen LogP contribution < -0.4 is 5.56 Å². The number of carbonyl (C=O) groups excluding carboxylic acids is 1. The van der Waals surface area contributed by atoms with Crippen LogP contribution in [0.25, 0.3) is 11.0 Å². The minimum absolute atomic E-state index is 0.0584. The second-order valence-electron chi connectivity index (χ2n) is 6.74. The number of nitrogens with zero attached hydrogens (tertiary/aromatic N) is 4. The van der Waals surface area contributed by atoms with E-state index in [0.717, 1.165) is 5.56 Å². The number of carbonyl (C=O) groups is 1. The summed E-state index contributed by atoms with van der Waals surface area (Å²) in [4.78, 5) is 29.8. The zero-order valence-corrected chi connectivity index (χ0v) is 18.1. The van der Waals surface area contributed by atoms with Gasteiger partial charge in [0.1, 0.15) is 5.39 Å². The number of aromatic nitrogens is 4. The molecule has 30 heavy (non-hydrogen) atoms. The van der Waals surface area contributed by atoms with Gasteiger partial charge in [-0.25, -0.2) is 4.98 Å². The van der Waals surface area contributed by atoms with Crippen molar-refractivity contribution in [2.75, 3.05) is 6.26 Å². The molecule has 0 aliphatic carbocycles. The Morgan fingerprint density at radius 1 is 1.07 bits per heavy atom. The Bertz CT molecular complexity index is 1280. The number of hydrogen-bond acceptors (Lipinski definition) is 5. The number of halogens is 1. The molecule has 0 saturated heterocycles. The fraction of sp³-hybridized carbons (Fsp3) is 0.182. The van der Waals surface area contributed by atoms with Crippen molar-refractivity contribution in [1.29, 1.82) is 0 Å². The van der Waals surface area contributed by atoms with E-state index in [1.807, 2.05) is 25.3 Å². The normalized spacial score (nSPS) is 11.2. The van der Waals surface area contributed by atoms with Crippen LogP contribution in [-0.2, 0) is 13.1 Å². The summed E-state index contributed by atoms with van der Waals surface area (Å²) in [6.45, 7) is 2.96. The Hall–Kier alpha value is -2.90. The third kappa shape index (κ3) is 3.91. The van der Waals surface area contributed by atoms with Crippen LogP contribution in [0.3, 0.4) is 0 Å². The second-order valence-corrected chi connectivity index (χ2v) is 7.95. The molecule has 8 heteroatoms. The first kappa shape index (κ1) is 20.4. The van der Waals surface area contributed by atoms with Crippen molar-refractivity contribution in [3.63, 3.8) is 0 Å². The quantitative estimate of drug-likeness (QED) is 0.255. The van der Waals surface area contributed by atoms with Crippen molar-refractivity contribution in [3.05, 3.63) is 86.8 Å². The minimum Gasteiger partial charge on any atom is -0.289 e. The number of fused-ring (bicyclic) bond motifs is 1. The van der Waals surface area contributed by atoms with Crippen LogP contribution in [0.1, 0.15) is 28.4 Å². The lowest BCUT2D eigenvalue weighted by Gasteiger charge is -2.05. The van der Waals surface area contributed by atoms with E-state index in [-0.39, 0.29) is 11.3 Å². The molecule has 4 aromatic rings. The second kappa shape index (κ2) is 8.45. The summed E-state index contributed by atoms with van der Waals surface area (Å²) in [5.74, 6) is -0.0584. The van der Waals surface area contributed by atoms with Crippen LogP contribution in [0.2, 0.25) is 5.02 Å². The molecule has 152 valence electrons. The van der Waals surface area contributed by atoms with Gasteiger partial charge < -0.3 is 0 Å². The molecule has 2 aromatic heterocycles.